The van der Waals surface area contributed by atoms with Crippen molar-refractivity contribution in [2.24, 2.45) is 0 Å². The molecule has 1 fully saturated rings. The van der Waals surface area contributed by atoms with E-state index >= 15 is 0 Å². The molecule has 1 aromatic rings. The van der Waals surface area contributed by atoms with E-state index in [2.05, 4.69) is 15.9 Å². The van der Waals surface area contributed by atoms with Gasteiger partial charge in [-0.3, -0.25) is 4.79 Å². The van der Waals surface area contributed by atoms with Crippen LogP contribution >= 0.6 is 27.3 Å². The van der Waals surface area contributed by atoms with Gasteiger partial charge in [0.05, 0.1) is 9.89 Å². The largest absolute Gasteiger partial charge is 0.378 e. The van der Waals surface area contributed by atoms with Crippen LogP contribution in [0.15, 0.2) is 21.3 Å². The summed E-state index contributed by atoms with van der Waals surface area (Å²) in [6.07, 6.45) is 5.74. The molecular formula is C14H18BrNO2S. The van der Waals surface area contributed by atoms with Crippen LogP contribution < -0.4 is 0 Å². The first-order chi connectivity index (χ1) is 9.19. The van der Waals surface area contributed by atoms with Crippen molar-refractivity contribution in [1.29, 1.82) is 0 Å². The molecular weight excluding hydrogens is 326 g/mol. The molecule has 0 bridgehead atoms. The summed E-state index contributed by atoms with van der Waals surface area (Å²) in [6.45, 7) is 4.35. The lowest BCUT2D eigenvalue weighted by Crippen LogP contribution is -2.40. The van der Waals surface area contributed by atoms with Crippen LogP contribution in [-0.2, 0) is 9.53 Å². The molecule has 0 saturated carbocycles. The topological polar surface area (TPSA) is 29.5 Å². The molecule has 0 aliphatic carbocycles. The van der Waals surface area contributed by atoms with Crippen LogP contribution in [0.5, 0.6) is 0 Å². The van der Waals surface area contributed by atoms with Gasteiger partial charge in [-0.2, -0.15) is 0 Å². The van der Waals surface area contributed by atoms with Gasteiger partial charge >= 0.3 is 0 Å². The van der Waals surface area contributed by atoms with Crippen molar-refractivity contribution < 1.29 is 9.53 Å². The number of halogens is 1. The molecule has 0 N–H and O–H groups in total. The molecule has 0 unspecified atom stereocenters. The lowest BCUT2D eigenvalue weighted by Gasteiger charge is -2.31. The standard InChI is InChI=1S/C14H18BrNO2S/c1-2-18-12-5-7-16(8-6-12)14(17)4-3-11-9-13(15)19-10-11/h3-4,9-10,12H,2,5-8H2,1H3/b4-3+. The number of carbonyl (C=O) groups excluding carboxylic acids is 1. The maximum Gasteiger partial charge on any atom is 0.246 e. The minimum atomic E-state index is 0.0947. The van der Waals surface area contributed by atoms with E-state index in [0.29, 0.717) is 6.10 Å². The predicted octanol–water partition coefficient (Wildman–Crippen LogP) is 3.55. The Morgan fingerprint density at radius 2 is 2.32 bits per heavy atom. The maximum absolute atomic E-state index is 12.0. The van der Waals surface area contributed by atoms with Gasteiger partial charge in [0.25, 0.3) is 0 Å². The van der Waals surface area contributed by atoms with E-state index in [-0.39, 0.29) is 5.91 Å². The SMILES string of the molecule is CCOC1CCN(C(=O)/C=C/c2csc(Br)c2)CC1. The van der Waals surface area contributed by atoms with Gasteiger partial charge in [-0.25, -0.2) is 0 Å². The van der Waals surface area contributed by atoms with Gasteiger partial charge in [0, 0.05) is 25.8 Å². The van der Waals surface area contributed by atoms with Gasteiger partial charge in [-0.15, -0.1) is 11.3 Å². The quantitative estimate of drug-likeness (QED) is 0.782. The fourth-order valence-corrected chi connectivity index (χ4v) is 3.31. The fourth-order valence-electron chi connectivity index (χ4n) is 2.16. The van der Waals surface area contributed by atoms with Crippen molar-refractivity contribution in [3.63, 3.8) is 0 Å². The van der Waals surface area contributed by atoms with E-state index in [9.17, 15) is 4.79 Å². The normalized spacial score (nSPS) is 17.3. The minimum absolute atomic E-state index is 0.0947. The third-order valence-electron chi connectivity index (χ3n) is 3.16. The maximum atomic E-state index is 12.0. The highest BCUT2D eigenvalue weighted by Crippen LogP contribution is 2.21. The summed E-state index contributed by atoms with van der Waals surface area (Å²) in [7, 11) is 0. The van der Waals surface area contributed by atoms with Crippen molar-refractivity contribution >= 4 is 39.2 Å². The highest BCUT2D eigenvalue weighted by Gasteiger charge is 2.21. The van der Waals surface area contributed by atoms with Crippen LogP contribution in [0, 0.1) is 0 Å². The van der Waals surface area contributed by atoms with E-state index in [0.717, 1.165) is 41.9 Å². The van der Waals surface area contributed by atoms with Crippen molar-refractivity contribution in [3.8, 4) is 0 Å². The van der Waals surface area contributed by atoms with Gasteiger partial charge < -0.3 is 9.64 Å². The minimum Gasteiger partial charge on any atom is -0.378 e. The number of likely N-dealkylation sites (tertiary alicyclic amines) is 1. The first kappa shape index (κ1) is 14.8. The highest BCUT2D eigenvalue weighted by atomic mass is 79.9. The average molecular weight is 344 g/mol. The van der Waals surface area contributed by atoms with E-state index in [1.807, 2.05) is 29.3 Å². The highest BCUT2D eigenvalue weighted by molar-refractivity contribution is 9.11. The lowest BCUT2D eigenvalue weighted by atomic mass is 10.1. The predicted molar refractivity (Wildman–Crippen MR) is 82.3 cm³/mol. The van der Waals surface area contributed by atoms with Crippen LogP contribution in [0.3, 0.4) is 0 Å². The Bertz CT molecular complexity index is 450. The molecule has 0 atom stereocenters. The molecule has 1 aliphatic heterocycles. The number of amides is 1. The second kappa shape index (κ2) is 7.22. The second-order valence-electron chi connectivity index (χ2n) is 4.50. The summed E-state index contributed by atoms with van der Waals surface area (Å²) in [6, 6.07) is 2.01. The molecule has 1 saturated heterocycles. The Kier molecular flexibility index (Phi) is 5.60. The first-order valence-electron chi connectivity index (χ1n) is 6.51. The zero-order valence-electron chi connectivity index (χ0n) is 11.0. The molecule has 1 aliphatic rings. The zero-order valence-corrected chi connectivity index (χ0v) is 13.4. The monoisotopic (exact) mass is 343 g/mol. The van der Waals surface area contributed by atoms with Gasteiger partial charge in [0.2, 0.25) is 5.91 Å². The number of piperidine rings is 1. The summed E-state index contributed by atoms with van der Waals surface area (Å²) < 4.78 is 6.66. The number of carbonyl (C=O) groups is 1. The molecule has 1 amide bonds. The Balaban J connectivity index is 1.83. The summed E-state index contributed by atoms with van der Waals surface area (Å²) in [5, 5.41) is 2.02. The van der Waals surface area contributed by atoms with E-state index < -0.39 is 0 Å². The number of hydrogen-bond donors (Lipinski definition) is 0. The van der Waals surface area contributed by atoms with E-state index in [1.165, 1.54) is 0 Å². The zero-order chi connectivity index (χ0) is 13.7. The summed E-state index contributed by atoms with van der Waals surface area (Å²) >= 11 is 5.03. The first-order valence-corrected chi connectivity index (χ1v) is 8.19. The molecule has 3 nitrogen and oxygen atoms in total. The molecule has 104 valence electrons. The summed E-state index contributed by atoms with van der Waals surface area (Å²) in [5.41, 5.74) is 1.06. The molecule has 1 aromatic heterocycles. The van der Waals surface area contributed by atoms with Gasteiger partial charge in [-0.05, 0) is 58.8 Å². The van der Waals surface area contributed by atoms with Crippen molar-refractivity contribution in [2.45, 2.75) is 25.9 Å². The Morgan fingerprint density at radius 1 is 1.58 bits per heavy atom. The number of thiophene rings is 1. The Morgan fingerprint density at radius 3 is 2.89 bits per heavy atom. The molecule has 2 heterocycles. The molecule has 19 heavy (non-hydrogen) atoms. The van der Waals surface area contributed by atoms with Gasteiger partial charge in [-0.1, -0.05) is 0 Å². The Hall–Kier alpha value is -0.650. The number of ether oxygens (including phenoxy) is 1. The number of nitrogens with zero attached hydrogens (tertiary/aromatic N) is 1. The van der Waals surface area contributed by atoms with Crippen LogP contribution in [0.4, 0.5) is 0 Å². The molecule has 5 heteroatoms. The smallest absolute Gasteiger partial charge is 0.246 e. The molecule has 0 radical (unpaired) electrons. The van der Waals surface area contributed by atoms with Crippen molar-refractivity contribution in [2.75, 3.05) is 19.7 Å². The van der Waals surface area contributed by atoms with Crippen molar-refractivity contribution in [3.05, 3.63) is 26.9 Å². The number of hydrogen-bond acceptors (Lipinski definition) is 3. The summed E-state index contributed by atoms with van der Waals surface area (Å²) in [4.78, 5) is 13.9. The lowest BCUT2D eigenvalue weighted by molar-refractivity contribution is -0.128. The fraction of sp³-hybridized carbons (Fsp3) is 0.500. The van der Waals surface area contributed by atoms with Crippen LogP contribution in [-0.4, -0.2) is 36.6 Å². The number of rotatable bonds is 4. The molecule has 0 aromatic carbocycles. The Labute approximate surface area is 126 Å². The van der Waals surface area contributed by atoms with E-state index in [4.69, 9.17) is 4.74 Å². The third kappa shape index (κ3) is 4.44. The van der Waals surface area contributed by atoms with E-state index in [1.54, 1.807) is 17.4 Å². The van der Waals surface area contributed by atoms with Gasteiger partial charge in [0.15, 0.2) is 0 Å². The molecule has 2 rings (SSSR count). The summed E-state index contributed by atoms with van der Waals surface area (Å²) in [5.74, 6) is 0.0947. The van der Waals surface area contributed by atoms with Crippen molar-refractivity contribution in [1.82, 2.24) is 4.90 Å². The van der Waals surface area contributed by atoms with Crippen LogP contribution in [0.25, 0.3) is 6.08 Å². The van der Waals surface area contributed by atoms with Crippen LogP contribution in [0.2, 0.25) is 0 Å². The van der Waals surface area contributed by atoms with Crippen LogP contribution in [0.1, 0.15) is 25.3 Å². The second-order valence-corrected chi connectivity index (χ2v) is 6.79. The third-order valence-corrected chi connectivity index (χ3v) is 4.68. The van der Waals surface area contributed by atoms with Gasteiger partial charge in [0.1, 0.15) is 0 Å². The average Bonchev–Trinajstić information content (AvgIpc) is 2.83. The molecule has 0 spiro atoms.